The molecule has 0 saturated carbocycles. The average molecular weight is 383 g/mol. The zero-order valence-electron chi connectivity index (χ0n) is 16.4. The Labute approximate surface area is 165 Å². The largest absolute Gasteiger partial charge is 0.493 e. The van der Waals surface area contributed by atoms with Gasteiger partial charge in [-0.3, -0.25) is 0 Å². The van der Waals surface area contributed by atoms with E-state index < -0.39 is 0 Å². The highest BCUT2D eigenvalue weighted by Crippen LogP contribution is 2.38. The number of allylic oxidation sites excluding steroid dienone is 2. The van der Waals surface area contributed by atoms with E-state index in [0.717, 1.165) is 24.1 Å². The molecule has 28 heavy (non-hydrogen) atoms. The van der Waals surface area contributed by atoms with Gasteiger partial charge in [-0.2, -0.15) is 0 Å². The highest BCUT2D eigenvalue weighted by molar-refractivity contribution is 5.96. The monoisotopic (exact) mass is 383 g/mol. The molecular formula is C22H27N2O4+. The molecule has 0 radical (unpaired) electrons. The van der Waals surface area contributed by atoms with Gasteiger partial charge < -0.3 is 20.3 Å². The van der Waals surface area contributed by atoms with E-state index >= 15 is 0 Å². The van der Waals surface area contributed by atoms with Crippen molar-refractivity contribution in [3.05, 3.63) is 65.4 Å². The van der Waals surface area contributed by atoms with Gasteiger partial charge in [0.25, 0.3) is 0 Å². The summed E-state index contributed by atoms with van der Waals surface area (Å²) < 4.78 is 11.2. The van der Waals surface area contributed by atoms with Crippen LogP contribution in [0.1, 0.15) is 35.7 Å². The first kappa shape index (κ1) is 19.9. The fourth-order valence-corrected chi connectivity index (χ4v) is 3.74. The van der Waals surface area contributed by atoms with Gasteiger partial charge in [-0.05, 0) is 18.6 Å². The summed E-state index contributed by atoms with van der Waals surface area (Å²) >= 11 is 0. The van der Waals surface area contributed by atoms with E-state index in [1.54, 1.807) is 12.1 Å². The van der Waals surface area contributed by atoms with Crippen molar-refractivity contribution in [2.75, 3.05) is 26.1 Å². The number of likely N-dealkylation sites (tertiary alicyclic amines) is 1. The van der Waals surface area contributed by atoms with Crippen molar-refractivity contribution in [2.24, 2.45) is 0 Å². The van der Waals surface area contributed by atoms with E-state index in [2.05, 4.69) is 0 Å². The van der Waals surface area contributed by atoms with Crippen molar-refractivity contribution in [3.63, 3.8) is 0 Å². The fraction of sp³-hybridized carbons (Fsp3) is 0.318. The molecule has 6 nitrogen and oxygen atoms in total. The number of carbonyl (C=O) groups excluding carboxylic acids is 1. The Kier molecular flexibility index (Phi) is 6.02. The van der Waals surface area contributed by atoms with Crippen molar-refractivity contribution in [2.45, 2.75) is 26.4 Å². The Morgan fingerprint density at radius 2 is 2.00 bits per heavy atom. The van der Waals surface area contributed by atoms with Crippen LogP contribution < -0.4 is 15.2 Å². The van der Waals surface area contributed by atoms with Gasteiger partial charge in [0.15, 0.2) is 18.2 Å². The molecule has 1 heterocycles. The summed E-state index contributed by atoms with van der Waals surface area (Å²) in [6.45, 7) is 2.53. The molecule has 0 aromatic heterocycles. The number of aliphatic hydroxyl groups is 1. The number of ether oxygens (including phenoxy) is 2. The second-order valence-electron chi connectivity index (χ2n) is 6.89. The van der Waals surface area contributed by atoms with Crippen LogP contribution in [0.15, 0.2) is 54.2 Å². The van der Waals surface area contributed by atoms with Gasteiger partial charge in [-0.25, -0.2) is 9.28 Å². The average Bonchev–Trinajstić information content (AvgIpc) is 3.16. The predicted molar refractivity (Wildman–Crippen MR) is 108 cm³/mol. The molecule has 3 rings (SSSR count). The summed E-state index contributed by atoms with van der Waals surface area (Å²) in [5.74, 6) is 0.688. The maximum Gasteiger partial charge on any atom is 0.354 e. The minimum atomic E-state index is -0.285. The standard InChI is InChI=1S/C22H26N2O4/c1-3-17-10-7-11-24(17,15-25)22(26)18-12-20(27-2)21(13-19(18)23)28-14-16-8-5-4-6-9-16/h3-6,8-9,12-13,25H,7,10-11,14-15H2,1-2H3,(H-,23,26)/p+1. The van der Waals surface area contributed by atoms with E-state index in [1.807, 2.05) is 43.3 Å². The predicted octanol–water partition coefficient (Wildman–Crippen LogP) is 3.46. The Bertz CT molecular complexity index is 880. The first-order valence-corrected chi connectivity index (χ1v) is 9.38. The van der Waals surface area contributed by atoms with Crippen molar-refractivity contribution in [1.29, 1.82) is 0 Å². The van der Waals surface area contributed by atoms with Crippen LogP contribution in [0.2, 0.25) is 0 Å². The number of methoxy groups -OCH3 is 1. The van der Waals surface area contributed by atoms with E-state index in [9.17, 15) is 9.90 Å². The van der Waals surface area contributed by atoms with Crippen LogP contribution in [0.5, 0.6) is 11.5 Å². The van der Waals surface area contributed by atoms with Crippen LogP contribution in [-0.4, -0.2) is 35.9 Å². The zero-order valence-corrected chi connectivity index (χ0v) is 16.4. The smallest absolute Gasteiger partial charge is 0.354 e. The lowest BCUT2D eigenvalue weighted by Crippen LogP contribution is -2.50. The molecule has 0 spiro atoms. The van der Waals surface area contributed by atoms with Crippen LogP contribution in [0.4, 0.5) is 5.69 Å². The molecule has 0 aliphatic carbocycles. The lowest BCUT2D eigenvalue weighted by Gasteiger charge is -2.30. The third-order valence-electron chi connectivity index (χ3n) is 5.29. The summed E-state index contributed by atoms with van der Waals surface area (Å²) in [4.78, 5) is 13.3. The fourth-order valence-electron chi connectivity index (χ4n) is 3.74. The minimum Gasteiger partial charge on any atom is -0.493 e. The minimum absolute atomic E-state index is 0.103. The molecule has 1 atom stereocenters. The molecule has 1 unspecified atom stereocenters. The normalized spacial score (nSPS) is 20.3. The summed E-state index contributed by atoms with van der Waals surface area (Å²) in [5.41, 5.74) is 8.78. The maximum atomic E-state index is 13.3. The van der Waals surface area contributed by atoms with E-state index in [0.29, 0.717) is 35.9 Å². The van der Waals surface area contributed by atoms with Crippen LogP contribution >= 0.6 is 0 Å². The van der Waals surface area contributed by atoms with Crippen molar-refractivity contribution < 1.29 is 23.9 Å². The van der Waals surface area contributed by atoms with Gasteiger partial charge in [0.2, 0.25) is 0 Å². The summed E-state index contributed by atoms with van der Waals surface area (Å²) in [7, 11) is 1.53. The molecule has 1 saturated heterocycles. The number of benzene rings is 2. The molecule has 1 fully saturated rings. The van der Waals surface area contributed by atoms with Crippen LogP contribution in [0, 0.1) is 0 Å². The Hall–Kier alpha value is -2.83. The molecule has 1 aliphatic rings. The molecule has 6 heteroatoms. The molecular weight excluding hydrogens is 356 g/mol. The first-order chi connectivity index (χ1) is 13.6. The second-order valence-corrected chi connectivity index (χ2v) is 6.89. The Morgan fingerprint density at radius 3 is 2.64 bits per heavy atom. The third-order valence-corrected chi connectivity index (χ3v) is 5.29. The Balaban J connectivity index is 1.91. The van der Waals surface area contributed by atoms with Gasteiger partial charge in [0.05, 0.1) is 19.3 Å². The van der Waals surface area contributed by atoms with Gasteiger partial charge in [-0.1, -0.05) is 30.3 Å². The van der Waals surface area contributed by atoms with Gasteiger partial charge in [0.1, 0.15) is 17.9 Å². The lowest BCUT2D eigenvalue weighted by molar-refractivity contribution is -0.822. The summed E-state index contributed by atoms with van der Waals surface area (Å²) in [5, 5.41) is 10.0. The molecule has 1 aliphatic heterocycles. The number of hydrogen-bond acceptors (Lipinski definition) is 5. The number of quaternary nitrogens is 1. The van der Waals surface area contributed by atoms with Gasteiger partial charge >= 0.3 is 5.91 Å². The summed E-state index contributed by atoms with van der Waals surface area (Å²) in [6.07, 6.45) is 3.55. The maximum absolute atomic E-state index is 13.3. The topological polar surface area (TPSA) is 81.8 Å². The van der Waals surface area contributed by atoms with Crippen molar-refractivity contribution in [3.8, 4) is 11.5 Å². The van der Waals surface area contributed by atoms with Crippen LogP contribution in [0.25, 0.3) is 0 Å². The highest BCUT2D eigenvalue weighted by Gasteiger charge is 2.45. The SMILES string of the molecule is CC=C1CCC[N+]1(CO)C(=O)c1cc(OC)c(OCc2ccccc2)cc1N. The van der Waals surface area contributed by atoms with E-state index in [1.165, 1.54) is 7.11 Å². The lowest BCUT2D eigenvalue weighted by atomic mass is 10.1. The number of hydrogen-bond donors (Lipinski definition) is 2. The first-order valence-electron chi connectivity index (χ1n) is 9.38. The molecule has 0 bridgehead atoms. The molecule has 148 valence electrons. The van der Waals surface area contributed by atoms with E-state index in [4.69, 9.17) is 15.2 Å². The zero-order chi connectivity index (χ0) is 20.1. The van der Waals surface area contributed by atoms with Gasteiger partial charge in [-0.15, -0.1) is 0 Å². The van der Waals surface area contributed by atoms with Gasteiger partial charge in [0, 0.05) is 25.0 Å². The number of amides is 1. The highest BCUT2D eigenvalue weighted by atomic mass is 16.5. The van der Waals surface area contributed by atoms with Crippen LogP contribution in [0.3, 0.4) is 0 Å². The Morgan fingerprint density at radius 1 is 1.25 bits per heavy atom. The summed E-state index contributed by atoms with van der Waals surface area (Å²) in [6, 6.07) is 13.0. The number of nitrogens with two attached hydrogens (primary N) is 1. The van der Waals surface area contributed by atoms with Crippen LogP contribution in [-0.2, 0) is 6.61 Å². The number of nitrogens with zero attached hydrogens (tertiary/aromatic N) is 1. The quantitative estimate of drug-likeness (QED) is 0.590. The number of nitrogen functional groups attached to an aromatic ring is 1. The number of carbonyl (C=O) groups is 1. The molecule has 2 aromatic rings. The van der Waals surface area contributed by atoms with Crippen molar-refractivity contribution >= 4 is 11.6 Å². The van der Waals surface area contributed by atoms with E-state index in [-0.39, 0.29) is 17.1 Å². The third kappa shape index (κ3) is 3.61. The molecule has 2 aromatic carbocycles. The number of aliphatic hydroxyl groups excluding tert-OH is 1. The molecule has 3 N–H and O–H groups in total. The number of rotatable bonds is 6. The van der Waals surface area contributed by atoms with Crippen molar-refractivity contribution in [1.82, 2.24) is 0 Å². The molecule has 1 amide bonds. The number of anilines is 1. The second kappa shape index (κ2) is 8.46.